The molecule has 22 heavy (non-hydrogen) atoms. The summed E-state index contributed by atoms with van der Waals surface area (Å²) < 4.78 is 1.70. The number of carbonyl (C=O) groups is 1. The van der Waals surface area contributed by atoms with E-state index in [1.54, 1.807) is 4.68 Å². The average Bonchev–Trinajstić information content (AvgIpc) is 2.94. The number of anilines is 2. The molecule has 0 saturated heterocycles. The molecular weight excluding hydrogens is 300 g/mol. The second-order valence-electron chi connectivity index (χ2n) is 5.28. The maximum absolute atomic E-state index is 12.0. The molecule has 1 aromatic heterocycles. The van der Waals surface area contributed by atoms with Crippen LogP contribution >= 0.6 is 11.8 Å². The summed E-state index contributed by atoms with van der Waals surface area (Å²) in [7, 11) is 3.95. The Bertz CT molecular complexity index is 623. The van der Waals surface area contributed by atoms with Gasteiger partial charge in [0.1, 0.15) is 0 Å². The molecule has 0 fully saturated rings. The van der Waals surface area contributed by atoms with Crippen LogP contribution < -0.4 is 10.2 Å². The Morgan fingerprint density at radius 3 is 2.59 bits per heavy atom. The van der Waals surface area contributed by atoms with Crippen LogP contribution in [0, 0.1) is 0 Å². The minimum Gasteiger partial charge on any atom is -0.378 e. The Labute approximate surface area is 134 Å². The fourth-order valence-electron chi connectivity index (χ4n) is 1.77. The lowest BCUT2D eigenvalue weighted by atomic mass is 10.2. The molecule has 0 aliphatic heterocycles. The fourth-order valence-corrected chi connectivity index (χ4v) is 2.58. The second-order valence-corrected chi connectivity index (χ2v) is 6.22. The first-order valence-electron chi connectivity index (χ1n) is 6.95. The summed E-state index contributed by atoms with van der Waals surface area (Å²) >= 11 is 1.32. The maximum Gasteiger partial charge on any atom is 0.234 e. The van der Waals surface area contributed by atoms with Crippen molar-refractivity contribution in [2.24, 2.45) is 0 Å². The predicted molar refractivity (Wildman–Crippen MR) is 88.3 cm³/mol. The van der Waals surface area contributed by atoms with Gasteiger partial charge in [0.25, 0.3) is 0 Å². The summed E-state index contributed by atoms with van der Waals surface area (Å²) in [6, 6.07) is 7.86. The van der Waals surface area contributed by atoms with Crippen molar-refractivity contribution in [3.8, 4) is 0 Å². The molecule has 1 heterocycles. The van der Waals surface area contributed by atoms with Gasteiger partial charge < -0.3 is 10.2 Å². The molecule has 0 bridgehead atoms. The van der Waals surface area contributed by atoms with Crippen molar-refractivity contribution in [1.82, 2.24) is 20.2 Å². The van der Waals surface area contributed by atoms with Gasteiger partial charge >= 0.3 is 0 Å². The summed E-state index contributed by atoms with van der Waals surface area (Å²) in [5.41, 5.74) is 1.86. The SMILES string of the molecule is CC(C)n1nnnc1SCC(=O)Nc1ccc(N(C)C)cc1. The fraction of sp³-hybridized carbons (Fsp3) is 0.429. The zero-order valence-electron chi connectivity index (χ0n) is 13.1. The molecule has 8 heteroatoms. The number of carbonyl (C=O) groups excluding carboxylic acids is 1. The van der Waals surface area contributed by atoms with Gasteiger partial charge in [0.15, 0.2) is 0 Å². The normalized spacial score (nSPS) is 10.8. The molecule has 0 radical (unpaired) electrons. The van der Waals surface area contributed by atoms with Crippen LogP contribution in [0.5, 0.6) is 0 Å². The standard InChI is InChI=1S/C14H20N6OS/c1-10(2)20-14(16-17-18-20)22-9-13(21)15-11-5-7-12(8-6-11)19(3)4/h5-8,10H,9H2,1-4H3,(H,15,21). The molecular formula is C14H20N6OS. The summed E-state index contributed by atoms with van der Waals surface area (Å²) in [4.78, 5) is 14.0. The van der Waals surface area contributed by atoms with E-state index >= 15 is 0 Å². The van der Waals surface area contributed by atoms with Crippen LogP contribution in [0.25, 0.3) is 0 Å². The van der Waals surface area contributed by atoms with E-state index in [1.807, 2.05) is 57.1 Å². The molecule has 0 unspecified atom stereocenters. The Balaban J connectivity index is 1.89. The zero-order chi connectivity index (χ0) is 16.1. The van der Waals surface area contributed by atoms with Gasteiger partial charge in [0, 0.05) is 25.5 Å². The molecule has 2 rings (SSSR count). The number of amides is 1. The van der Waals surface area contributed by atoms with Gasteiger partial charge in [-0.25, -0.2) is 4.68 Å². The Kier molecular flexibility index (Phi) is 5.37. The molecule has 1 N–H and O–H groups in total. The minimum atomic E-state index is -0.0825. The van der Waals surface area contributed by atoms with Crippen LogP contribution in [0.15, 0.2) is 29.4 Å². The topological polar surface area (TPSA) is 75.9 Å². The third-order valence-electron chi connectivity index (χ3n) is 2.95. The van der Waals surface area contributed by atoms with Crippen molar-refractivity contribution in [2.45, 2.75) is 25.0 Å². The number of nitrogens with one attached hydrogen (secondary N) is 1. The van der Waals surface area contributed by atoms with Gasteiger partial charge in [-0.3, -0.25) is 4.79 Å². The van der Waals surface area contributed by atoms with Crippen LogP contribution in [0.4, 0.5) is 11.4 Å². The molecule has 0 aliphatic carbocycles. The Hall–Kier alpha value is -2.09. The highest BCUT2D eigenvalue weighted by atomic mass is 32.2. The second kappa shape index (κ2) is 7.26. The highest BCUT2D eigenvalue weighted by molar-refractivity contribution is 7.99. The molecule has 0 atom stereocenters. The number of nitrogens with zero attached hydrogens (tertiary/aromatic N) is 5. The lowest BCUT2D eigenvalue weighted by Gasteiger charge is -2.13. The highest BCUT2D eigenvalue weighted by Crippen LogP contribution is 2.19. The number of hydrogen-bond donors (Lipinski definition) is 1. The van der Waals surface area contributed by atoms with Crippen molar-refractivity contribution >= 4 is 29.0 Å². The van der Waals surface area contributed by atoms with Gasteiger partial charge in [-0.15, -0.1) is 5.10 Å². The first-order valence-corrected chi connectivity index (χ1v) is 7.94. The first kappa shape index (κ1) is 16.3. The largest absolute Gasteiger partial charge is 0.378 e. The van der Waals surface area contributed by atoms with Crippen molar-refractivity contribution in [3.05, 3.63) is 24.3 Å². The van der Waals surface area contributed by atoms with Gasteiger partial charge in [-0.2, -0.15) is 0 Å². The number of rotatable bonds is 6. The minimum absolute atomic E-state index is 0.0825. The molecule has 0 saturated carbocycles. The van der Waals surface area contributed by atoms with Crippen molar-refractivity contribution in [2.75, 3.05) is 30.1 Å². The lowest BCUT2D eigenvalue weighted by molar-refractivity contribution is -0.113. The first-order chi connectivity index (χ1) is 10.5. The van der Waals surface area contributed by atoms with E-state index in [0.717, 1.165) is 11.4 Å². The van der Waals surface area contributed by atoms with Crippen LogP contribution in [-0.2, 0) is 4.79 Å². The Morgan fingerprint density at radius 2 is 2.00 bits per heavy atom. The molecule has 1 amide bonds. The number of hydrogen-bond acceptors (Lipinski definition) is 6. The zero-order valence-corrected chi connectivity index (χ0v) is 14.0. The lowest BCUT2D eigenvalue weighted by Crippen LogP contribution is -2.15. The maximum atomic E-state index is 12.0. The van der Waals surface area contributed by atoms with E-state index in [9.17, 15) is 4.79 Å². The molecule has 0 aliphatic rings. The third-order valence-corrected chi connectivity index (χ3v) is 3.89. The molecule has 1 aromatic carbocycles. The van der Waals surface area contributed by atoms with E-state index in [-0.39, 0.29) is 17.7 Å². The smallest absolute Gasteiger partial charge is 0.234 e. The molecule has 0 spiro atoms. The number of tetrazole rings is 1. The van der Waals surface area contributed by atoms with E-state index in [4.69, 9.17) is 0 Å². The Morgan fingerprint density at radius 1 is 1.32 bits per heavy atom. The summed E-state index contributed by atoms with van der Waals surface area (Å²) in [6.45, 7) is 3.99. The van der Waals surface area contributed by atoms with Gasteiger partial charge in [-0.05, 0) is 48.5 Å². The van der Waals surface area contributed by atoms with Gasteiger partial charge in [0.2, 0.25) is 11.1 Å². The number of thioether (sulfide) groups is 1. The number of benzene rings is 1. The predicted octanol–water partition coefficient (Wildman–Crippen LogP) is 2.05. The summed E-state index contributed by atoms with van der Waals surface area (Å²) in [6.07, 6.45) is 0. The third kappa shape index (κ3) is 4.20. The van der Waals surface area contributed by atoms with Crippen LogP contribution in [0.1, 0.15) is 19.9 Å². The quantitative estimate of drug-likeness (QED) is 0.821. The molecule has 118 valence electrons. The van der Waals surface area contributed by atoms with Gasteiger partial charge in [-0.1, -0.05) is 11.8 Å². The van der Waals surface area contributed by atoms with E-state index in [0.29, 0.717) is 5.16 Å². The van der Waals surface area contributed by atoms with Crippen molar-refractivity contribution in [1.29, 1.82) is 0 Å². The van der Waals surface area contributed by atoms with E-state index in [1.165, 1.54) is 11.8 Å². The van der Waals surface area contributed by atoms with E-state index < -0.39 is 0 Å². The summed E-state index contributed by atoms with van der Waals surface area (Å²) in [5, 5.41) is 15.0. The highest BCUT2D eigenvalue weighted by Gasteiger charge is 2.12. The van der Waals surface area contributed by atoms with Crippen LogP contribution in [0.3, 0.4) is 0 Å². The van der Waals surface area contributed by atoms with Crippen molar-refractivity contribution in [3.63, 3.8) is 0 Å². The van der Waals surface area contributed by atoms with Crippen molar-refractivity contribution < 1.29 is 4.79 Å². The molecule has 2 aromatic rings. The monoisotopic (exact) mass is 320 g/mol. The summed E-state index contributed by atoms with van der Waals surface area (Å²) in [5.74, 6) is 0.184. The van der Waals surface area contributed by atoms with Gasteiger partial charge in [0.05, 0.1) is 11.8 Å². The van der Waals surface area contributed by atoms with Crippen LogP contribution in [0.2, 0.25) is 0 Å². The average molecular weight is 320 g/mol. The van der Waals surface area contributed by atoms with Crippen LogP contribution in [-0.4, -0.2) is 46.0 Å². The number of aromatic nitrogens is 4. The van der Waals surface area contributed by atoms with E-state index in [2.05, 4.69) is 20.8 Å². The molecule has 7 nitrogen and oxygen atoms in total.